The van der Waals surface area contributed by atoms with Gasteiger partial charge >= 0.3 is 0 Å². The predicted octanol–water partition coefficient (Wildman–Crippen LogP) is 3.57. The van der Waals surface area contributed by atoms with Crippen LogP contribution in [0.2, 0.25) is 0 Å². The summed E-state index contributed by atoms with van der Waals surface area (Å²) in [5, 5.41) is 6.05. The van der Waals surface area contributed by atoms with Crippen LogP contribution in [-0.4, -0.2) is 48.0 Å². The molecule has 1 fully saturated rings. The molecule has 7 nitrogen and oxygen atoms in total. The van der Waals surface area contributed by atoms with Crippen LogP contribution in [0.4, 0.5) is 11.4 Å². The first kappa shape index (κ1) is 24.6. The topological polar surface area (TPSA) is 96.7 Å². The largest absolute Gasteiger partial charge is 0.478 e. The lowest BCUT2D eigenvalue weighted by molar-refractivity contribution is -0.135. The fourth-order valence-electron chi connectivity index (χ4n) is 4.01. The second-order valence-corrected chi connectivity index (χ2v) is 9.41. The molecule has 0 bridgehead atoms. The van der Waals surface area contributed by atoms with Gasteiger partial charge in [-0.25, -0.2) is 0 Å². The maximum Gasteiger partial charge on any atom is 0.263 e. The van der Waals surface area contributed by atoms with Crippen LogP contribution in [0.15, 0.2) is 36.4 Å². The molecular formula is C26H36N4O3. The minimum Gasteiger partial charge on any atom is -0.478 e. The summed E-state index contributed by atoms with van der Waals surface area (Å²) >= 11 is 0. The van der Waals surface area contributed by atoms with Crippen LogP contribution >= 0.6 is 0 Å². The summed E-state index contributed by atoms with van der Waals surface area (Å²) in [5.41, 5.74) is 9.51. The van der Waals surface area contributed by atoms with Crippen molar-refractivity contribution in [1.29, 1.82) is 0 Å². The Morgan fingerprint density at radius 2 is 1.73 bits per heavy atom. The summed E-state index contributed by atoms with van der Waals surface area (Å²) in [5.74, 6) is 0.510. The fraction of sp³-hybridized carbons (Fsp3) is 0.462. The molecule has 178 valence electrons. The van der Waals surface area contributed by atoms with Crippen molar-refractivity contribution in [3.05, 3.63) is 53.1 Å². The Kier molecular flexibility index (Phi) is 7.64. The number of ether oxygens (including phenoxy) is 1. The second-order valence-electron chi connectivity index (χ2n) is 9.41. The van der Waals surface area contributed by atoms with Crippen LogP contribution in [0.1, 0.15) is 43.4 Å². The number of piperidine rings is 1. The van der Waals surface area contributed by atoms with E-state index in [-0.39, 0.29) is 17.9 Å². The molecule has 3 rings (SSSR count). The number of nitrogens with zero attached hydrogens (tertiary/aromatic N) is 1. The molecule has 4 N–H and O–H groups in total. The lowest BCUT2D eigenvalue weighted by Gasteiger charge is -2.34. The van der Waals surface area contributed by atoms with E-state index in [1.807, 2.05) is 57.2 Å². The van der Waals surface area contributed by atoms with Gasteiger partial charge in [0, 0.05) is 30.5 Å². The van der Waals surface area contributed by atoms with Gasteiger partial charge in [0.05, 0.1) is 6.54 Å². The maximum atomic E-state index is 13.0. The van der Waals surface area contributed by atoms with E-state index < -0.39 is 5.60 Å². The number of amides is 2. The monoisotopic (exact) mass is 452 g/mol. The maximum absolute atomic E-state index is 13.0. The van der Waals surface area contributed by atoms with Gasteiger partial charge in [0.2, 0.25) is 5.91 Å². The predicted molar refractivity (Wildman–Crippen MR) is 132 cm³/mol. The van der Waals surface area contributed by atoms with Crippen LogP contribution in [0, 0.1) is 20.8 Å². The molecule has 0 radical (unpaired) electrons. The zero-order valence-corrected chi connectivity index (χ0v) is 20.3. The molecule has 0 aromatic heterocycles. The number of nitrogens with two attached hydrogens (primary N) is 1. The van der Waals surface area contributed by atoms with Crippen molar-refractivity contribution in [1.82, 2.24) is 10.2 Å². The van der Waals surface area contributed by atoms with Gasteiger partial charge in [0.25, 0.3) is 5.91 Å². The number of anilines is 2. The number of likely N-dealkylation sites (tertiary alicyclic amines) is 1. The van der Waals surface area contributed by atoms with Crippen molar-refractivity contribution in [3.8, 4) is 5.75 Å². The average Bonchev–Trinajstić information content (AvgIpc) is 2.77. The minimum absolute atomic E-state index is 0.0253. The van der Waals surface area contributed by atoms with Gasteiger partial charge in [-0.1, -0.05) is 18.2 Å². The third-order valence-corrected chi connectivity index (χ3v) is 6.37. The van der Waals surface area contributed by atoms with Crippen molar-refractivity contribution in [3.63, 3.8) is 0 Å². The highest BCUT2D eigenvalue weighted by Crippen LogP contribution is 2.31. The van der Waals surface area contributed by atoms with Crippen molar-refractivity contribution in [2.24, 2.45) is 0 Å². The SMILES string of the molecule is Cc1cc(OC(C)(C)C(=O)NC2CCN(CC(=O)Nc3ccccc3)CC2)c(C)c(C)c1N. The van der Waals surface area contributed by atoms with E-state index in [2.05, 4.69) is 15.5 Å². The summed E-state index contributed by atoms with van der Waals surface area (Å²) in [6.07, 6.45) is 1.58. The Morgan fingerprint density at radius 3 is 2.36 bits per heavy atom. The van der Waals surface area contributed by atoms with Gasteiger partial charge in [-0.15, -0.1) is 0 Å². The van der Waals surface area contributed by atoms with E-state index in [4.69, 9.17) is 10.5 Å². The number of hydrogen-bond donors (Lipinski definition) is 3. The third-order valence-electron chi connectivity index (χ3n) is 6.37. The Bertz CT molecular complexity index is 996. The molecule has 7 heteroatoms. The summed E-state index contributed by atoms with van der Waals surface area (Å²) in [6.45, 7) is 11.3. The summed E-state index contributed by atoms with van der Waals surface area (Å²) in [4.78, 5) is 27.4. The molecule has 1 heterocycles. The zero-order valence-electron chi connectivity index (χ0n) is 20.3. The van der Waals surface area contributed by atoms with E-state index >= 15 is 0 Å². The number of carbonyl (C=O) groups is 2. The van der Waals surface area contributed by atoms with Gasteiger partial charge in [-0.3, -0.25) is 14.5 Å². The van der Waals surface area contributed by atoms with Crippen LogP contribution in [0.25, 0.3) is 0 Å². The van der Waals surface area contributed by atoms with Gasteiger partial charge in [-0.2, -0.15) is 0 Å². The quantitative estimate of drug-likeness (QED) is 0.558. The van der Waals surface area contributed by atoms with E-state index in [1.165, 1.54) is 0 Å². The first-order valence-electron chi connectivity index (χ1n) is 11.5. The van der Waals surface area contributed by atoms with Crippen molar-refractivity contribution in [2.75, 3.05) is 30.7 Å². The molecular weight excluding hydrogens is 416 g/mol. The van der Waals surface area contributed by atoms with E-state index in [0.29, 0.717) is 12.3 Å². The Labute approximate surface area is 196 Å². The Hall–Kier alpha value is -3.06. The van der Waals surface area contributed by atoms with Crippen LogP contribution in [-0.2, 0) is 9.59 Å². The number of carbonyl (C=O) groups excluding carboxylic acids is 2. The molecule has 2 amide bonds. The molecule has 0 saturated carbocycles. The lowest BCUT2D eigenvalue weighted by atomic mass is 10.0. The normalized spacial score (nSPS) is 15.2. The molecule has 0 atom stereocenters. The standard InChI is InChI=1S/C26H36N4O3/c1-17-15-22(18(2)19(3)24(17)27)33-26(4,5)25(32)29-21-11-13-30(14-12-21)16-23(31)28-20-9-7-6-8-10-20/h6-10,15,21H,11-14,16,27H2,1-5H3,(H,28,31)(H,29,32). The van der Waals surface area contributed by atoms with Gasteiger partial charge in [0.15, 0.2) is 5.60 Å². The summed E-state index contributed by atoms with van der Waals surface area (Å²) < 4.78 is 6.15. The second kappa shape index (κ2) is 10.3. The highest BCUT2D eigenvalue weighted by Gasteiger charge is 2.33. The molecule has 0 aliphatic carbocycles. The Balaban J connectivity index is 1.49. The number of aryl methyl sites for hydroxylation is 1. The van der Waals surface area contributed by atoms with Crippen LogP contribution in [0.3, 0.4) is 0 Å². The summed E-state index contributed by atoms with van der Waals surface area (Å²) in [6, 6.07) is 11.4. The highest BCUT2D eigenvalue weighted by atomic mass is 16.5. The highest BCUT2D eigenvalue weighted by molar-refractivity contribution is 5.92. The number of rotatable bonds is 7. The first-order chi connectivity index (χ1) is 15.6. The third kappa shape index (κ3) is 6.26. The molecule has 33 heavy (non-hydrogen) atoms. The van der Waals surface area contributed by atoms with Gasteiger partial charge in [0.1, 0.15) is 5.75 Å². The average molecular weight is 453 g/mol. The minimum atomic E-state index is -1.02. The van der Waals surface area contributed by atoms with Gasteiger partial charge in [-0.05, 0) is 82.3 Å². The van der Waals surface area contributed by atoms with Crippen LogP contribution < -0.4 is 21.1 Å². The molecule has 2 aromatic rings. The van der Waals surface area contributed by atoms with Crippen molar-refractivity contribution >= 4 is 23.2 Å². The smallest absolute Gasteiger partial charge is 0.263 e. The van der Waals surface area contributed by atoms with E-state index in [9.17, 15) is 9.59 Å². The number of benzene rings is 2. The van der Waals surface area contributed by atoms with Gasteiger partial charge < -0.3 is 21.1 Å². The first-order valence-corrected chi connectivity index (χ1v) is 11.5. The molecule has 0 unspecified atom stereocenters. The number of para-hydroxylation sites is 1. The van der Waals surface area contributed by atoms with Crippen LogP contribution in [0.5, 0.6) is 5.75 Å². The number of nitrogen functional groups attached to an aromatic ring is 1. The molecule has 1 aliphatic heterocycles. The molecule has 1 saturated heterocycles. The summed E-state index contributed by atoms with van der Waals surface area (Å²) in [7, 11) is 0. The Morgan fingerprint density at radius 1 is 1.09 bits per heavy atom. The number of hydrogen-bond acceptors (Lipinski definition) is 5. The van der Waals surface area contributed by atoms with Crippen molar-refractivity contribution in [2.45, 2.75) is 59.1 Å². The zero-order chi connectivity index (χ0) is 24.2. The van der Waals surface area contributed by atoms with Crippen molar-refractivity contribution < 1.29 is 14.3 Å². The number of nitrogens with one attached hydrogen (secondary N) is 2. The molecule has 0 spiro atoms. The lowest BCUT2D eigenvalue weighted by Crippen LogP contribution is -2.53. The van der Waals surface area contributed by atoms with E-state index in [1.54, 1.807) is 13.8 Å². The van der Waals surface area contributed by atoms with E-state index in [0.717, 1.165) is 54.0 Å². The molecule has 1 aliphatic rings. The fourth-order valence-corrected chi connectivity index (χ4v) is 4.01. The molecule has 2 aromatic carbocycles.